The van der Waals surface area contributed by atoms with Gasteiger partial charge in [-0.05, 0) is 43.7 Å². The van der Waals surface area contributed by atoms with E-state index in [9.17, 15) is 9.59 Å². The minimum atomic E-state index is -0.283. The summed E-state index contributed by atoms with van der Waals surface area (Å²) in [7, 11) is 1.76. The first-order valence-electron chi connectivity index (χ1n) is 10.4. The van der Waals surface area contributed by atoms with Gasteiger partial charge in [-0.1, -0.05) is 48.0 Å². The van der Waals surface area contributed by atoms with Crippen molar-refractivity contribution in [2.75, 3.05) is 10.6 Å². The Bertz CT molecular complexity index is 1230. The highest BCUT2D eigenvalue weighted by Gasteiger charge is 2.14. The van der Waals surface area contributed by atoms with Crippen LogP contribution in [0.25, 0.3) is 11.3 Å². The van der Waals surface area contributed by atoms with Crippen LogP contribution in [0.1, 0.15) is 29.8 Å². The lowest BCUT2D eigenvalue weighted by Crippen LogP contribution is -2.15. The van der Waals surface area contributed by atoms with Gasteiger partial charge in [0.1, 0.15) is 5.82 Å². The molecular weight excluding hydrogens is 438 g/mol. The zero-order valence-electron chi connectivity index (χ0n) is 18.7. The number of nitrogens with zero attached hydrogens (tertiary/aromatic N) is 2. The molecule has 170 valence electrons. The quantitative estimate of drug-likeness (QED) is 0.345. The Kier molecular flexibility index (Phi) is 7.82. The molecule has 0 aliphatic rings. The minimum absolute atomic E-state index is 0.238. The standard InChI is InChI=1S/C25H26ClN5O2/c1-4-20(21(26)5-2)25(33)28-19-11-9-17(10-12-19)22-14-23(31(3)30-22)29-24(32)18-8-6-7-16(13-18)15-27/h4-14H,15,27H2,1-3H3,(H,28,33)(H,29,32)/b20-4+,21-5+. The highest BCUT2D eigenvalue weighted by molar-refractivity contribution is 6.36. The Hall–Kier alpha value is -3.68. The van der Waals surface area contributed by atoms with Crippen LogP contribution in [0.2, 0.25) is 0 Å². The van der Waals surface area contributed by atoms with Gasteiger partial charge < -0.3 is 16.4 Å². The van der Waals surface area contributed by atoms with Crippen LogP contribution in [-0.2, 0) is 18.4 Å². The summed E-state index contributed by atoms with van der Waals surface area (Å²) in [5.74, 6) is 0.0385. The van der Waals surface area contributed by atoms with Gasteiger partial charge in [-0.15, -0.1) is 0 Å². The van der Waals surface area contributed by atoms with Crippen LogP contribution in [-0.4, -0.2) is 21.6 Å². The van der Waals surface area contributed by atoms with Crippen LogP contribution in [0.5, 0.6) is 0 Å². The second-order valence-corrected chi connectivity index (χ2v) is 7.67. The van der Waals surface area contributed by atoms with Gasteiger partial charge in [0.2, 0.25) is 0 Å². The minimum Gasteiger partial charge on any atom is -0.326 e. The van der Waals surface area contributed by atoms with Crippen molar-refractivity contribution < 1.29 is 9.59 Å². The number of carbonyl (C=O) groups excluding carboxylic acids is 2. The molecule has 0 atom stereocenters. The summed E-state index contributed by atoms with van der Waals surface area (Å²) in [6.45, 7) is 3.90. The summed E-state index contributed by atoms with van der Waals surface area (Å²) in [4.78, 5) is 25.1. The summed E-state index contributed by atoms with van der Waals surface area (Å²) in [5, 5.41) is 10.6. The van der Waals surface area contributed by atoms with Crippen LogP contribution >= 0.6 is 11.6 Å². The average Bonchev–Trinajstić information content (AvgIpc) is 3.19. The van der Waals surface area contributed by atoms with Crippen molar-refractivity contribution in [2.24, 2.45) is 12.8 Å². The molecule has 3 rings (SSSR count). The largest absolute Gasteiger partial charge is 0.326 e. The molecule has 2 amide bonds. The Labute approximate surface area is 197 Å². The number of allylic oxidation sites excluding steroid dienone is 2. The van der Waals surface area contributed by atoms with E-state index in [0.29, 0.717) is 39.9 Å². The smallest absolute Gasteiger partial charge is 0.256 e. The van der Waals surface area contributed by atoms with Gasteiger partial charge >= 0.3 is 0 Å². The molecular formula is C25H26ClN5O2. The number of nitrogens with two attached hydrogens (primary N) is 1. The van der Waals surface area contributed by atoms with Crippen LogP contribution in [0.4, 0.5) is 11.5 Å². The SMILES string of the molecule is C/C=C(C(=O)Nc1ccc(-c2cc(NC(=O)c3cccc(CN)c3)n(C)n2)cc1)\C(Cl)=C/C. The van der Waals surface area contributed by atoms with Gasteiger partial charge in [0.25, 0.3) is 11.8 Å². The van der Waals surface area contributed by atoms with Crippen LogP contribution < -0.4 is 16.4 Å². The fourth-order valence-corrected chi connectivity index (χ4v) is 3.40. The van der Waals surface area contributed by atoms with Crippen molar-refractivity contribution in [2.45, 2.75) is 20.4 Å². The monoisotopic (exact) mass is 463 g/mol. The topological polar surface area (TPSA) is 102 Å². The van der Waals surface area contributed by atoms with E-state index >= 15 is 0 Å². The first-order valence-corrected chi connectivity index (χ1v) is 10.8. The van der Waals surface area contributed by atoms with Gasteiger partial charge in [0, 0.05) is 41.5 Å². The molecule has 0 spiro atoms. The molecule has 1 heterocycles. The molecule has 4 N–H and O–H groups in total. The highest BCUT2D eigenvalue weighted by Crippen LogP contribution is 2.24. The first kappa shape index (κ1) is 24.0. The first-order chi connectivity index (χ1) is 15.9. The van der Waals surface area contributed by atoms with Crippen molar-refractivity contribution in [3.8, 4) is 11.3 Å². The maximum Gasteiger partial charge on any atom is 0.256 e. The molecule has 1 aromatic heterocycles. The lowest BCUT2D eigenvalue weighted by atomic mass is 10.1. The molecule has 0 saturated carbocycles. The Morgan fingerprint density at radius 3 is 2.42 bits per heavy atom. The van der Waals surface area contributed by atoms with Crippen molar-refractivity contribution >= 4 is 34.9 Å². The van der Waals surface area contributed by atoms with Crippen molar-refractivity contribution in [1.29, 1.82) is 0 Å². The van der Waals surface area contributed by atoms with E-state index < -0.39 is 0 Å². The van der Waals surface area contributed by atoms with Gasteiger partial charge in [-0.3, -0.25) is 14.3 Å². The molecule has 0 radical (unpaired) electrons. The molecule has 0 aliphatic carbocycles. The third-order valence-corrected chi connectivity index (χ3v) is 5.45. The number of hydrogen-bond donors (Lipinski definition) is 3. The van der Waals surface area contributed by atoms with E-state index in [0.717, 1.165) is 11.1 Å². The number of rotatable bonds is 7. The summed E-state index contributed by atoms with van der Waals surface area (Å²) in [5.41, 5.74) is 9.64. The lowest BCUT2D eigenvalue weighted by molar-refractivity contribution is -0.112. The maximum absolute atomic E-state index is 12.6. The number of aryl methyl sites for hydroxylation is 1. The van der Waals surface area contributed by atoms with Crippen LogP contribution in [0, 0.1) is 0 Å². The fraction of sp³-hybridized carbons (Fsp3) is 0.160. The van der Waals surface area contributed by atoms with E-state index in [1.54, 1.807) is 74.1 Å². The molecule has 0 saturated heterocycles. The van der Waals surface area contributed by atoms with E-state index in [1.807, 2.05) is 18.2 Å². The summed E-state index contributed by atoms with van der Waals surface area (Å²) in [6, 6.07) is 16.2. The predicted molar refractivity (Wildman–Crippen MR) is 133 cm³/mol. The number of benzene rings is 2. The number of anilines is 2. The summed E-state index contributed by atoms with van der Waals surface area (Å²) < 4.78 is 1.60. The fourth-order valence-electron chi connectivity index (χ4n) is 3.21. The molecule has 8 heteroatoms. The second kappa shape index (κ2) is 10.8. The second-order valence-electron chi connectivity index (χ2n) is 7.27. The Morgan fingerprint density at radius 1 is 1.06 bits per heavy atom. The maximum atomic E-state index is 12.6. The number of hydrogen-bond acceptors (Lipinski definition) is 4. The number of nitrogens with one attached hydrogen (secondary N) is 2. The number of halogens is 1. The predicted octanol–water partition coefficient (Wildman–Crippen LogP) is 4.83. The van der Waals surface area contributed by atoms with Crippen LogP contribution in [0.3, 0.4) is 0 Å². The third kappa shape index (κ3) is 5.77. The zero-order chi connectivity index (χ0) is 24.0. The zero-order valence-corrected chi connectivity index (χ0v) is 19.5. The summed E-state index contributed by atoms with van der Waals surface area (Å²) in [6.07, 6.45) is 3.34. The molecule has 2 aromatic carbocycles. The van der Waals surface area contributed by atoms with Gasteiger partial charge in [0.05, 0.1) is 11.3 Å². The van der Waals surface area contributed by atoms with Crippen molar-refractivity contribution in [3.05, 3.63) is 88.5 Å². The molecule has 0 unspecified atom stereocenters. The number of carbonyl (C=O) groups is 2. The molecule has 0 bridgehead atoms. The molecule has 0 fully saturated rings. The molecule has 3 aromatic rings. The van der Waals surface area contributed by atoms with Gasteiger partial charge in [0.15, 0.2) is 0 Å². The highest BCUT2D eigenvalue weighted by atomic mass is 35.5. The Balaban J connectivity index is 1.73. The Morgan fingerprint density at radius 2 is 1.79 bits per heavy atom. The summed E-state index contributed by atoms with van der Waals surface area (Å²) >= 11 is 6.09. The van der Waals surface area contributed by atoms with Gasteiger partial charge in [-0.25, -0.2) is 0 Å². The normalized spacial score (nSPS) is 11.9. The van der Waals surface area contributed by atoms with E-state index in [2.05, 4.69) is 15.7 Å². The molecule has 33 heavy (non-hydrogen) atoms. The van der Waals surface area contributed by atoms with Gasteiger partial charge in [-0.2, -0.15) is 5.10 Å². The van der Waals surface area contributed by atoms with Crippen molar-refractivity contribution in [1.82, 2.24) is 9.78 Å². The number of amides is 2. The average molecular weight is 464 g/mol. The van der Waals surface area contributed by atoms with E-state index in [-0.39, 0.29) is 11.8 Å². The molecule has 7 nitrogen and oxygen atoms in total. The van der Waals surface area contributed by atoms with Crippen LogP contribution in [0.15, 0.2) is 77.4 Å². The van der Waals surface area contributed by atoms with Crippen molar-refractivity contribution in [3.63, 3.8) is 0 Å². The lowest BCUT2D eigenvalue weighted by Gasteiger charge is -2.08. The number of aromatic nitrogens is 2. The van der Waals surface area contributed by atoms with E-state index in [1.165, 1.54) is 0 Å². The third-order valence-electron chi connectivity index (χ3n) is 5.03. The van der Waals surface area contributed by atoms with E-state index in [4.69, 9.17) is 17.3 Å². The molecule has 0 aliphatic heterocycles.